The molecule has 5 nitrogen and oxygen atoms in total. The molecule has 0 bridgehead atoms. The van der Waals surface area contributed by atoms with Gasteiger partial charge in [0, 0.05) is 18.2 Å². The number of rotatable bonds is 3. The second kappa shape index (κ2) is 5.46. The van der Waals surface area contributed by atoms with Crippen LogP contribution >= 0.6 is 15.9 Å². The van der Waals surface area contributed by atoms with Gasteiger partial charge in [-0.2, -0.15) is 0 Å². The Kier molecular flexibility index (Phi) is 3.54. The van der Waals surface area contributed by atoms with Crippen LogP contribution in [0.3, 0.4) is 0 Å². The number of carboxylic acids is 1. The first-order chi connectivity index (χ1) is 11.0. The molecule has 1 saturated carbocycles. The first-order valence-corrected chi connectivity index (χ1v) is 8.72. The normalized spacial score (nSPS) is 32.2. The van der Waals surface area contributed by atoms with Gasteiger partial charge in [0.1, 0.15) is 6.17 Å². The number of hydrogen-bond donors (Lipinski definition) is 2. The Hall–Kier alpha value is -1.66. The van der Waals surface area contributed by atoms with Crippen molar-refractivity contribution in [1.29, 1.82) is 0 Å². The maximum Gasteiger partial charge on any atom is 0.307 e. The Balaban J connectivity index is 1.72. The van der Waals surface area contributed by atoms with Gasteiger partial charge in [0.2, 0.25) is 0 Å². The summed E-state index contributed by atoms with van der Waals surface area (Å²) in [7, 11) is 0. The molecule has 2 N–H and O–H groups in total. The topological polar surface area (TPSA) is 64.9 Å². The van der Waals surface area contributed by atoms with Crippen LogP contribution in [-0.4, -0.2) is 39.3 Å². The Labute approximate surface area is 143 Å². The smallest absolute Gasteiger partial charge is 0.307 e. The van der Waals surface area contributed by atoms with Crippen molar-refractivity contribution in [2.45, 2.75) is 24.3 Å². The largest absolute Gasteiger partial charge is 0.481 e. The fourth-order valence-corrected chi connectivity index (χ4v) is 3.84. The van der Waals surface area contributed by atoms with Crippen LogP contribution in [0.2, 0.25) is 0 Å². The first-order valence-electron chi connectivity index (χ1n) is 7.80. The van der Waals surface area contributed by atoms with Gasteiger partial charge >= 0.3 is 5.97 Å². The predicted octanol–water partition coefficient (Wildman–Crippen LogP) is 2.42. The minimum absolute atomic E-state index is 0.0273. The van der Waals surface area contributed by atoms with Crippen LogP contribution in [0.5, 0.6) is 0 Å². The summed E-state index contributed by atoms with van der Waals surface area (Å²) >= 11 is 3.68. The summed E-state index contributed by atoms with van der Waals surface area (Å²) in [5.41, 5.74) is 7.71. The second-order valence-electron chi connectivity index (χ2n) is 6.40. The molecular formula is C17H18BrN3O2. The minimum Gasteiger partial charge on any atom is -0.481 e. The number of nitrogens with one attached hydrogen (secondary N) is 1. The van der Waals surface area contributed by atoms with E-state index in [9.17, 15) is 9.90 Å². The lowest BCUT2D eigenvalue weighted by atomic mass is 10.0. The molecular weight excluding hydrogens is 358 g/mol. The molecule has 4 unspecified atom stereocenters. The van der Waals surface area contributed by atoms with Gasteiger partial charge in [-0.25, -0.2) is 5.43 Å². The second-order valence-corrected chi connectivity index (χ2v) is 7.58. The Morgan fingerprint density at radius 2 is 2.30 bits per heavy atom. The van der Waals surface area contributed by atoms with Crippen LogP contribution in [0.4, 0.5) is 0 Å². The Bertz CT molecular complexity index is 730. The lowest BCUT2D eigenvalue weighted by Gasteiger charge is -2.31. The van der Waals surface area contributed by atoms with E-state index in [-0.39, 0.29) is 22.8 Å². The van der Waals surface area contributed by atoms with Crippen LogP contribution in [0.25, 0.3) is 5.70 Å². The number of carbonyl (C=O) groups is 1. The number of carboxylic acid groups (broad SMARTS) is 1. The highest BCUT2D eigenvalue weighted by Crippen LogP contribution is 2.43. The SMILES string of the molecule is Cc1cccc(C2=CC(C3CC3C(=O)O)=NC3C(Br)CNN23)c1. The molecule has 1 aromatic carbocycles. The molecule has 2 aliphatic heterocycles. The number of hydrazine groups is 1. The van der Waals surface area contributed by atoms with Gasteiger partial charge in [-0.05, 0) is 31.1 Å². The number of halogens is 1. The minimum atomic E-state index is -0.717. The molecule has 3 aliphatic rings. The number of nitrogens with zero attached hydrogens (tertiary/aromatic N) is 2. The van der Waals surface area contributed by atoms with E-state index < -0.39 is 5.97 Å². The van der Waals surface area contributed by atoms with Crippen molar-refractivity contribution in [2.75, 3.05) is 6.54 Å². The van der Waals surface area contributed by atoms with Crippen molar-refractivity contribution in [3.05, 3.63) is 41.5 Å². The summed E-state index contributed by atoms with van der Waals surface area (Å²) < 4.78 is 0. The van der Waals surface area contributed by atoms with Crippen LogP contribution in [0, 0.1) is 18.8 Å². The highest BCUT2D eigenvalue weighted by atomic mass is 79.9. The molecule has 1 saturated heterocycles. The monoisotopic (exact) mass is 375 g/mol. The number of hydrogen-bond acceptors (Lipinski definition) is 4. The first kappa shape index (κ1) is 14.9. The average molecular weight is 376 g/mol. The fraction of sp³-hybridized carbons (Fsp3) is 0.412. The van der Waals surface area contributed by atoms with Crippen molar-refractivity contribution in [3.8, 4) is 0 Å². The maximum atomic E-state index is 11.2. The van der Waals surface area contributed by atoms with Gasteiger partial charge in [0.25, 0.3) is 0 Å². The molecule has 4 rings (SSSR count). The summed E-state index contributed by atoms with van der Waals surface area (Å²) in [6, 6.07) is 8.36. The molecule has 0 amide bonds. The van der Waals surface area contributed by atoms with Gasteiger partial charge in [-0.15, -0.1) is 0 Å². The van der Waals surface area contributed by atoms with Gasteiger partial charge in [0.05, 0.1) is 16.4 Å². The predicted molar refractivity (Wildman–Crippen MR) is 92.2 cm³/mol. The average Bonchev–Trinajstić information content (AvgIpc) is 3.25. The van der Waals surface area contributed by atoms with Crippen molar-refractivity contribution in [2.24, 2.45) is 16.8 Å². The van der Waals surface area contributed by atoms with E-state index in [4.69, 9.17) is 4.99 Å². The number of aliphatic imine (C=N–C) groups is 1. The van der Waals surface area contributed by atoms with E-state index >= 15 is 0 Å². The number of fused-ring (bicyclic) bond motifs is 1. The summed E-state index contributed by atoms with van der Waals surface area (Å²) in [4.78, 5) is 16.2. The maximum absolute atomic E-state index is 11.2. The summed E-state index contributed by atoms with van der Waals surface area (Å²) in [5, 5.41) is 11.3. The molecule has 0 aromatic heterocycles. The molecule has 120 valence electrons. The van der Waals surface area contributed by atoms with Crippen LogP contribution in [0.1, 0.15) is 17.5 Å². The van der Waals surface area contributed by atoms with Gasteiger partial charge in [-0.3, -0.25) is 14.8 Å². The van der Waals surface area contributed by atoms with Crippen molar-refractivity contribution >= 4 is 33.3 Å². The zero-order chi connectivity index (χ0) is 16.1. The van der Waals surface area contributed by atoms with E-state index in [1.165, 1.54) is 5.56 Å². The third-order valence-corrected chi connectivity index (χ3v) is 5.47. The third-order valence-electron chi connectivity index (χ3n) is 4.67. The van der Waals surface area contributed by atoms with E-state index in [1.54, 1.807) is 0 Å². The number of allylic oxidation sites excluding steroid dienone is 1. The van der Waals surface area contributed by atoms with Crippen molar-refractivity contribution in [3.63, 3.8) is 0 Å². The van der Waals surface area contributed by atoms with Crippen molar-refractivity contribution in [1.82, 2.24) is 10.4 Å². The lowest BCUT2D eigenvalue weighted by molar-refractivity contribution is -0.138. The Morgan fingerprint density at radius 3 is 3.00 bits per heavy atom. The lowest BCUT2D eigenvalue weighted by Crippen LogP contribution is -2.39. The standard InChI is InChI=1S/C17H18BrN3O2/c1-9-3-2-4-10(5-9)15-7-14(11-6-12(11)17(22)23)20-16-13(18)8-19-21(15)16/h2-5,7,11-13,16,19H,6,8H2,1H3,(H,22,23). The van der Waals surface area contributed by atoms with E-state index in [2.05, 4.69) is 57.6 Å². The van der Waals surface area contributed by atoms with Crippen molar-refractivity contribution < 1.29 is 9.90 Å². The fourth-order valence-electron chi connectivity index (χ4n) is 3.34. The molecule has 4 atom stereocenters. The van der Waals surface area contributed by atoms with E-state index in [0.29, 0.717) is 6.42 Å². The van der Waals surface area contributed by atoms with Gasteiger partial charge in [0.15, 0.2) is 0 Å². The molecule has 1 aromatic rings. The zero-order valence-electron chi connectivity index (χ0n) is 12.7. The van der Waals surface area contributed by atoms with Crippen LogP contribution < -0.4 is 5.43 Å². The zero-order valence-corrected chi connectivity index (χ0v) is 14.3. The number of aryl methyl sites for hydroxylation is 1. The van der Waals surface area contributed by atoms with E-state index in [1.807, 2.05) is 6.07 Å². The highest BCUT2D eigenvalue weighted by Gasteiger charge is 2.48. The molecule has 1 aliphatic carbocycles. The highest BCUT2D eigenvalue weighted by molar-refractivity contribution is 9.09. The van der Waals surface area contributed by atoms with Gasteiger partial charge < -0.3 is 5.11 Å². The molecule has 23 heavy (non-hydrogen) atoms. The molecule has 6 heteroatoms. The third kappa shape index (κ3) is 2.60. The number of aliphatic carboxylic acids is 1. The summed E-state index contributed by atoms with van der Waals surface area (Å²) in [6.07, 6.45) is 2.72. The molecule has 0 spiro atoms. The number of benzene rings is 1. The van der Waals surface area contributed by atoms with Crippen LogP contribution in [0.15, 0.2) is 35.3 Å². The quantitative estimate of drug-likeness (QED) is 0.796. The molecule has 2 fully saturated rings. The summed E-state index contributed by atoms with van der Waals surface area (Å²) in [6.45, 7) is 2.88. The molecule has 0 radical (unpaired) electrons. The van der Waals surface area contributed by atoms with E-state index in [0.717, 1.165) is 23.5 Å². The number of alkyl halides is 1. The van der Waals surface area contributed by atoms with Crippen LogP contribution in [-0.2, 0) is 4.79 Å². The Morgan fingerprint density at radius 1 is 1.48 bits per heavy atom. The van der Waals surface area contributed by atoms with Gasteiger partial charge in [-0.1, -0.05) is 39.7 Å². The molecule has 2 heterocycles. The summed E-state index contributed by atoms with van der Waals surface area (Å²) in [5.74, 6) is -0.946.